The normalized spacial score (nSPS) is 19.3. The Hall–Kier alpha value is -3.18. The number of hydrogen-bond donors (Lipinski definition) is 2. The van der Waals surface area contributed by atoms with E-state index in [1.54, 1.807) is 24.3 Å². The molecule has 8 heteroatoms. The Morgan fingerprint density at radius 2 is 2.23 bits per heavy atom. The second-order valence-corrected chi connectivity index (χ2v) is 5.91. The molecule has 1 aromatic carbocycles. The topological polar surface area (TPSA) is 117 Å². The zero-order chi connectivity index (χ0) is 18.4. The minimum atomic E-state index is -0.354. The monoisotopic (exact) mass is 354 g/mol. The highest BCUT2D eigenvalue weighted by molar-refractivity contribution is 5.78. The van der Waals surface area contributed by atoms with Gasteiger partial charge in [-0.3, -0.25) is 9.59 Å². The Balaban J connectivity index is 1.63. The van der Waals surface area contributed by atoms with E-state index in [4.69, 9.17) is 14.7 Å². The average molecular weight is 354 g/mol. The Morgan fingerprint density at radius 1 is 1.42 bits per heavy atom. The van der Waals surface area contributed by atoms with Crippen LogP contribution in [0.1, 0.15) is 17.5 Å². The van der Waals surface area contributed by atoms with Crippen LogP contribution in [0.2, 0.25) is 0 Å². The molecule has 0 spiro atoms. The number of rotatable bonds is 5. The minimum Gasteiger partial charge on any atom is -0.486 e. The number of aromatic nitrogens is 2. The quantitative estimate of drug-likeness (QED) is 0.809. The third-order valence-electron chi connectivity index (χ3n) is 4.06. The average Bonchev–Trinajstić information content (AvgIpc) is 2.66. The molecule has 2 aromatic rings. The summed E-state index contributed by atoms with van der Waals surface area (Å²) in [5.74, 6) is 0.325. The summed E-state index contributed by atoms with van der Waals surface area (Å²) in [7, 11) is 0. The molecule has 26 heavy (non-hydrogen) atoms. The fraction of sp³-hybridized carbons (Fsp3) is 0.333. The molecule has 2 N–H and O–H groups in total. The number of carbonyl (C=O) groups is 1. The Labute approximate surface area is 149 Å². The van der Waals surface area contributed by atoms with E-state index in [0.29, 0.717) is 36.5 Å². The lowest BCUT2D eigenvalue weighted by Crippen LogP contribution is -2.51. The van der Waals surface area contributed by atoms with Gasteiger partial charge in [0.15, 0.2) is 0 Å². The minimum absolute atomic E-state index is 0.0515. The molecular formula is C18H18N4O4. The number of hydrogen-bond acceptors (Lipinski definition) is 6. The third kappa shape index (κ3) is 4.46. The number of nitrogens with zero attached hydrogens (tertiary/aromatic N) is 2. The summed E-state index contributed by atoms with van der Waals surface area (Å²) in [6, 6.07) is 8.57. The molecule has 0 saturated carbocycles. The number of amides is 1. The molecule has 1 amide bonds. The number of nitrogens with one attached hydrogen (secondary N) is 2. The summed E-state index contributed by atoms with van der Waals surface area (Å²) in [5, 5.41) is 11.8. The SMILES string of the molecule is N#Cc1ccc(O[C@@H]2COCC[C@H]2NC(=O)Cc2cnc[nH]c2=O)cc1. The Kier molecular flexibility index (Phi) is 5.61. The molecule has 2 atom stereocenters. The van der Waals surface area contributed by atoms with E-state index in [2.05, 4.69) is 15.3 Å². The molecule has 0 aliphatic carbocycles. The number of H-pyrrole nitrogens is 1. The molecule has 134 valence electrons. The lowest BCUT2D eigenvalue weighted by molar-refractivity contribution is -0.123. The van der Waals surface area contributed by atoms with Crippen LogP contribution >= 0.6 is 0 Å². The number of aromatic amines is 1. The second-order valence-electron chi connectivity index (χ2n) is 5.91. The van der Waals surface area contributed by atoms with Gasteiger partial charge in [-0.2, -0.15) is 5.26 Å². The lowest BCUT2D eigenvalue weighted by atomic mass is 10.1. The third-order valence-corrected chi connectivity index (χ3v) is 4.06. The van der Waals surface area contributed by atoms with Crippen molar-refractivity contribution >= 4 is 5.91 Å². The summed E-state index contributed by atoms with van der Waals surface area (Å²) in [4.78, 5) is 30.2. The maximum absolute atomic E-state index is 12.3. The van der Waals surface area contributed by atoms with Crippen LogP contribution in [0.5, 0.6) is 5.75 Å². The van der Waals surface area contributed by atoms with Crippen LogP contribution in [0.4, 0.5) is 0 Å². The fourth-order valence-corrected chi connectivity index (χ4v) is 2.71. The van der Waals surface area contributed by atoms with Gasteiger partial charge in [-0.15, -0.1) is 0 Å². The zero-order valence-corrected chi connectivity index (χ0v) is 14.0. The second kappa shape index (κ2) is 8.27. The molecule has 2 heterocycles. The number of ether oxygens (including phenoxy) is 2. The van der Waals surface area contributed by atoms with E-state index >= 15 is 0 Å². The van der Waals surface area contributed by atoms with Gasteiger partial charge in [0, 0.05) is 18.4 Å². The summed E-state index contributed by atoms with van der Waals surface area (Å²) in [6.07, 6.45) is 2.87. The van der Waals surface area contributed by atoms with E-state index in [1.165, 1.54) is 12.5 Å². The van der Waals surface area contributed by atoms with Gasteiger partial charge in [-0.05, 0) is 30.7 Å². The maximum atomic E-state index is 12.3. The van der Waals surface area contributed by atoms with Crippen molar-refractivity contribution in [1.29, 1.82) is 5.26 Å². The van der Waals surface area contributed by atoms with Crippen molar-refractivity contribution in [2.45, 2.75) is 25.0 Å². The van der Waals surface area contributed by atoms with Gasteiger partial charge in [0.2, 0.25) is 5.91 Å². The van der Waals surface area contributed by atoms with E-state index in [-0.39, 0.29) is 30.0 Å². The van der Waals surface area contributed by atoms with Gasteiger partial charge in [-0.25, -0.2) is 4.98 Å². The first-order valence-corrected chi connectivity index (χ1v) is 8.21. The molecule has 8 nitrogen and oxygen atoms in total. The molecule has 1 saturated heterocycles. The van der Waals surface area contributed by atoms with Gasteiger partial charge in [0.25, 0.3) is 5.56 Å². The van der Waals surface area contributed by atoms with Crippen molar-refractivity contribution < 1.29 is 14.3 Å². The predicted molar refractivity (Wildman–Crippen MR) is 91.5 cm³/mol. The van der Waals surface area contributed by atoms with Crippen LogP contribution in [0.15, 0.2) is 41.6 Å². The van der Waals surface area contributed by atoms with Crippen molar-refractivity contribution in [2.24, 2.45) is 0 Å². The predicted octanol–water partition coefficient (Wildman–Crippen LogP) is 0.537. The van der Waals surface area contributed by atoms with Crippen LogP contribution in [0.25, 0.3) is 0 Å². The molecule has 1 aromatic heterocycles. The highest BCUT2D eigenvalue weighted by atomic mass is 16.5. The number of carbonyl (C=O) groups excluding carboxylic acids is 1. The van der Waals surface area contributed by atoms with Crippen LogP contribution in [0, 0.1) is 11.3 Å². The van der Waals surface area contributed by atoms with Crippen LogP contribution in [-0.2, 0) is 16.0 Å². The van der Waals surface area contributed by atoms with Crippen LogP contribution < -0.4 is 15.6 Å². The van der Waals surface area contributed by atoms with E-state index in [1.807, 2.05) is 6.07 Å². The Bertz CT molecular complexity index is 856. The molecule has 1 aliphatic heterocycles. The molecule has 0 bridgehead atoms. The van der Waals surface area contributed by atoms with Crippen molar-refractivity contribution in [3.05, 3.63) is 58.3 Å². The molecule has 1 fully saturated rings. The molecule has 1 aliphatic rings. The summed E-state index contributed by atoms with van der Waals surface area (Å²) < 4.78 is 11.4. The summed E-state index contributed by atoms with van der Waals surface area (Å²) >= 11 is 0. The Morgan fingerprint density at radius 3 is 2.96 bits per heavy atom. The maximum Gasteiger partial charge on any atom is 0.254 e. The van der Waals surface area contributed by atoms with Crippen molar-refractivity contribution in [1.82, 2.24) is 15.3 Å². The molecule has 3 rings (SSSR count). The van der Waals surface area contributed by atoms with E-state index < -0.39 is 0 Å². The van der Waals surface area contributed by atoms with Crippen LogP contribution in [-0.4, -0.2) is 41.2 Å². The van der Waals surface area contributed by atoms with Gasteiger partial charge in [0.1, 0.15) is 11.9 Å². The molecule has 0 unspecified atom stereocenters. The van der Waals surface area contributed by atoms with Gasteiger partial charge >= 0.3 is 0 Å². The highest BCUT2D eigenvalue weighted by Gasteiger charge is 2.29. The number of benzene rings is 1. The molecular weight excluding hydrogens is 336 g/mol. The van der Waals surface area contributed by atoms with E-state index in [9.17, 15) is 9.59 Å². The van der Waals surface area contributed by atoms with Crippen LogP contribution in [0.3, 0.4) is 0 Å². The highest BCUT2D eigenvalue weighted by Crippen LogP contribution is 2.18. The van der Waals surface area contributed by atoms with Gasteiger partial charge in [-0.1, -0.05) is 0 Å². The summed E-state index contributed by atoms with van der Waals surface area (Å²) in [5.41, 5.74) is 0.526. The van der Waals surface area contributed by atoms with Gasteiger partial charge in [0.05, 0.1) is 37.0 Å². The first-order valence-electron chi connectivity index (χ1n) is 8.21. The zero-order valence-electron chi connectivity index (χ0n) is 14.0. The van der Waals surface area contributed by atoms with Crippen molar-refractivity contribution in [2.75, 3.05) is 13.2 Å². The first kappa shape index (κ1) is 17.6. The van der Waals surface area contributed by atoms with Crippen molar-refractivity contribution in [3.8, 4) is 11.8 Å². The summed E-state index contributed by atoms with van der Waals surface area (Å²) in [6.45, 7) is 0.865. The van der Waals surface area contributed by atoms with Gasteiger partial charge < -0.3 is 19.8 Å². The largest absolute Gasteiger partial charge is 0.486 e. The van der Waals surface area contributed by atoms with E-state index in [0.717, 1.165) is 0 Å². The molecule has 0 radical (unpaired) electrons. The number of nitriles is 1. The lowest BCUT2D eigenvalue weighted by Gasteiger charge is -2.32. The first-order chi connectivity index (χ1) is 12.7. The smallest absolute Gasteiger partial charge is 0.254 e. The van der Waals surface area contributed by atoms with Crippen molar-refractivity contribution in [3.63, 3.8) is 0 Å². The fourth-order valence-electron chi connectivity index (χ4n) is 2.71. The standard InChI is InChI=1S/C18H18N4O4/c19-8-12-1-3-14(4-2-12)26-16-10-25-6-5-15(16)22-17(23)7-13-9-20-11-21-18(13)24/h1-4,9,11,15-16H,5-7,10H2,(H,22,23)(H,20,21,24)/t15-,16-/m1/s1.